The van der Waals surface area contributed by atoms with E-state index >= 15 is 0 Å². The van der Waals surface area contributed by atoms with E-state index in [1.165, 1.54) is 12.0 Å². The Balaban J connectivity index is 1.80. The van der Waals surface area contributed by atoms with Crippen LogP contribution in [0.3, 0.4) is 0 Å². The minimum Gasteiger partial charge on any atom is -0.507 e. The number of esters is 1. The number of ether oxygens (including phenoxy) is 2. The number of methoxy groups -OCH3 is 1. The van der Waals surface area contributed by atoms with Crippen LogP contribution in [0.25, 0.3) is 5.76 Å². The number of likely N-dealkylation sites (tertiary alicyclic amines) is 1. The van der Waals surface area contributed by atoms with Gasteiger partial charge in [0.05, 0.1) is 24.3 Å². The summed E-state index contributed by atoms with van der Waals surface area (Å²) in [6, 6.07) is 11.0. The maximum atomic E-state index is 13.1. The number of carbonyl (C=O) groups excluding carboxylic acids is 3. The monoisotopic (exact) mass is 464 g/mol. The molecule has 0 radical (unpaired) electrons. The lowest BCUT2D eigenvalue weighted by Gasteiger charge is -2.26. The van der Waals surface area contributed by atoms with E-state index in [0.717, 1.165) is 11.3 Å². The molecule has 34 heavy (non-hydrogen) atoms. The third-order valence-electron chi connectivity index (χ3n) is 6.15. The van der Waals surface area contributed by atoms with Crippen molar-refractivity contribution in [3.05, 3.63) is 70.3 Å². The molecule has 0 unspecified atom stereocenters. The fourth-order valence-corrected chi connectivity index (χ4v) is 4.41. The van der Waals surface area contributed by atoms with Crippen LogP contribution in [-0.2, 0) is 20.7 Å². The van der Waals surface area contributed by atoms with Gasteiger partial charge in [0, 0.05) is 25.1 Å². The zero-order chi connectivity index (χ0) is 24.6. The van der Waals surface area contributed by atoms with Crippen molar-refractivity contribution in [3.63, 3.8) is 0 Å². The Morgan fingerprint density at radius 1 is 1.15 bits per heavy atom. The van der Waals surface area contributed by atoms with Gasteiger partial charge in [-0.2, -0.15) is 0 Å². The number of fused-ring (bicyclic) bond motifs is 1. The molecule has 4 rings (SSSR count). The highest BCUT2D eigenvalue weighted by Crippen LogP contribution is 2.40. The minimum absolute atomic E-state index is 0.0292. The summed E-state index contributed by atoms with van der Waals surface area (Å²) in [7, 11) is 5.06. The number of benzene rings is 2. The van der Waals surface area contributed by atoms with Crippen LogP contribution < -0.4 is 4.74 Å². The Bertz CT molecular complexity index is 1170. The van der Waals surface area contributed by atoms with Crippen LogP contribution in [0.5, 0.6) is 5.75 Å². The number of amides is 1. The number of hydrogen-bond donors (Lipinski definition) is 1. The van der Waals surface area contributed by atoms with Crippen molar-refractivity contribution in [1.29, 1.82) is 0 Å². The molecule has 0 saturated carbocycles. The van der Waals surface area contributed by atoms with Crippen LogP contribution in [-0.4, -0.2) is 73.0 Å². The van der Waals surface area contributed by atoms with Gasteiger partial charge in [-0.3, -0.25) is 9.59 Å². The summed E-state index contributed by atoms with van der Waals surface area (Å²) in [6.07, 6.45) is 0.740. The van der Waals surface area contributed by atoms with Crippen molar-refractivity contribution in [2.75, 3.05) is 34.3 Å². The van der Waals surface area contributed by atoms with Crippen molar-refractivity contribution in [3.8, 4) is 5.75 Å². The number of aliphatic hydroxyl groups is 1. The van der Waals surface area contributed by atoms with Gasteiger partial charge in [-0.05, 0) is 62.5 Å². The van der Waals surface area contributed by atoms with E-state index in [1.807, 2.05) is 25.9 Å². The number of aliphatic hydroxyl groups excluding tert-OH is 1. The summed E-state index contributed by atoms with van der Waals surface area (Å²) in [4.78, 5) is 41.4. The first kappa shape index (κ1) is 23.5. The number of carbonyl (C=O) groups is 3. The van der Waals surface area contributed by atoms with Crippen molar-refractivity contribution >= 4 is 23.4 Å². The van der Waals surface area contributed by atoms with Gasteiger partial charge in [0.25, 0.3) is 11.7 Å². The van der Waals surface area contributed by atoms with Gasteiger partial charge < -0.3 is 24.4 Å². The molecule has 2 aliphatic rings. The quantitative estimate of drug-likeness (QED) is 0.304. The number of rotatable bonds is 6. The minimum atomic E-state index is -0.782. The molecule has 1 N–H and O–H groups in total. The molecular weight excluding hydrogens is 436 g/mol. The normalized spacial score (nSPS) is 21.0. The van der Waals surface area contributed by atoms with Gasteiger partial charge in [0.15, 0.2) is 0 Å². The summed E-state index contributed by atoms with van der Waals surface area (Å²) >= 11 is 0. The predicted octanol–water partition coefficient (Wildman–Crippen LogP) is 2.78. The van der Waals surface area contributed by atoms with E-state index < -0.39 is 23.7 Å². The zero-order valence-electron chi connectivity index (χ0n) is 19.7. The summed E-state index contributed by atoms with van der Waals surface area (Å²) < 4.78 is 10.5. The highest BCUT2D eigenvalue weighted by molar-refractivity contribution is 6.46. The van der Waals surface area contributed by atoms with Gasteiger partial charge in [-0.15, -0.1) is 0 Å². The van der Waals surface area contributed by atoms with Gasteiger partial charge in [-0.1, -0.05) is 12.1 Å². The van der Waals surface area contributed by atoms with Gasteiger partial charge in [0.2, 0.25) is 0 Å². The topological polar surface area (TPSA) is 96.4 Å². The maximum absolute atomic E-state index is 13.1. The maximum Gasteiger partial charge on any atom is 0.337 e. The second kappa shape index (κ2) is 9.30. The summed E-state index contributed by atoms with van der Waals surface area (Å²) in [5.41, 5.74) is 2.40. The predicted molar refractivity (Wildman–Crippen MR) is 126 cm³/mol. The summed E-state index contributed by atoms with van der Waals surface area (Å²) in [5.74, 6) is -1.35. The molecule has 0 aliphatic carbocycles. The smallest absolute Gasteiger partial charge is 0.337 e. The van der Waals surface area contributed by atoms with E-state index in [0.29, 0.717) is 36.2 Å². The highest BCUT2D eigenvalue weighted by atomic mass is 16.5. The average Bonchev–Trinajstić information content (AvgIpc) is 3.32. The zero-order valence-corrected chi connectivity index (χ0v) is 19.7. The molecule has 0 spiro atoms. The second-order valence-corrected chi connectivity index (χ2v) is 8.86. The van der Waals surface area contributed by atoms with Crippen molar-refractivity contribution in [2.45, 2.75) is 25.5 Å². The number of likely N-dealkylation sites (N-methyl/N-ethyl adjacent to an activating group) is 1. The van der Waals surface area contributed by atoms with Crippen molar-refractivity contribution in [2.24, 2.45) is 0 Å². The molecule has 1 fully saturated rings. The number of ketones is 1. The molecule has 8 nitrogen and oxygen atoms in total. The molecule has 1 amide bonds. The van der Waals surface area contributed by atoms with E-state index in [9.17, 15) is 19.5 Å². The van der Waals surface area contributed by atoms with E-state index in [4.69, 9.17) is 9.47 Å². The first-order valence-electron chi connectivity index (χ1n) is 11.1. The van der Waals surface area contributed by atoms with Crippen molar-refractivity contribution in [1.82, 2.24) is 9.80 Å². The third kappa shape index (κ3) is 4.28. The lowest BCUT2D eigenvalue weighted by molar-refractivity contribution is -0.140. The number of hydrogen-bond acceptors (Lipinski definition) is 7. The van der Waals surface area contributed by atoms with Crippen LogP contribution in [0.2, 0.25) is 0 Å². The Kier molecular flexibility index (Phi) is 6.43. The molecule has 8 heteroatoms. The molecule has 178 valence electrons. The standard InChI is InChI=1S/C26H28N2O6/c1-15-13-19-14-18(9-10-20(19)34-15)23(29)21-22(16-5-7-17(8-6-16)26(32)33-4)28(12-11-27(2)3)25(31)24(21)30/h5-10,14-15,22,29H,11-13H2,1-4H3/b23-21+/t15-,22-/m0/s1. The van der Waals surface area contributed by atoms with E-state index in [-0.39, 0.29) is 17.4 Å². The molecule has 2 aliphatic heterocycles. The second-order valence-electron chi connectivity index (χ2n) is 8.86. The molecule has 2 atom stereocenters. The van der Waals surface area contributed by atoms with Crippen LogP contribution in [0.15, 0.2) is 48.0 Å². The van der Waals surface area contributed by atoms with Gasteiger partial charge in [-0.25, -0.2) is 4.79 Å². The average molecular weight is 465 g/mol. The molecular formula is C26H28N2O6. The van der Waals surface area contributed by atoms with Crippen LogP contribution >= 0.6 is 0 Å². The van der Waals surface area contributed by atoms with Crippen LogP contribution in [0, 0.1) is 0 Å². The summed E-state index contributed by atoms with van der Waals surface area (Å²) in [6.45, 7) is 2.80. The Hall–Kier alpha value is -3.65. The molecule has 1 saturated heterocycles. The highest BCUT2D eigenvalue weighted by Gasteiger charge is 2.46. The molecule has 0 bridgehead atoms. The fourth-order valence-electron chi connectivity index (χ4n) is 4.41. The molecule has 0 aromatic heterocycles. The van der Waals surface area contributed by atoms with Gasteiger partial charge in [0.1, 0.15) is 17.6 Å². The Morgan fingerprint density at radius 2 is 1.82 bits per heavy atom. The lowest BCUT2D eigenvalue weighted by Crippen LogP contribution is -2.35. The van der Waals surface area contributed by atoms with Crippen LogP contribution in [0.4, 0.5) is 0 Å². The largest absolute Gasteiger partial charge is 0.507 e. The SMILES string of the molecule is COC(=O)c1ccc([C@H]2/C(=C(\O)c3ccc4c(c3)C[C@H](C)O4)C(=O)C(=O)N2CCN(C)C)cc1. The fraction of sp³-hybridized carbons (Fsp3) is 0.346. The number of nitrogens with zero attached hydrogens (tertiary/aromatic N) is 2. The molecule has 2 heterocycles. The lowest BCUT2D eigenvalue weighted by atomic mass is 9.94. The first-order chi connectivity index (χ1) is 16.2. The van der Waals surface area contributed by atoms with Gasteiger partial charge >= 0.3 is 5.97 Å². The molecule has 2 aromatic carbocycles. The van der Waals surface area contributed by atoms with E-state index in [1.54, 1.807) is 42.5 Å². The van der Waals surface area contributed by atoms with Crippen molar-refractivity contribution < 1.29 is 29.0 Å². The molecule has 2 aromatic rings. The van der Waals surface area contributed by atoms with Crippen LogP contribution in [0.1, 0.15) is 40.0 Å². The summed E-state index contributed by atoms with van der Waals surface area (Å²) in [5, 5.41) is 11.3. The Labute approximate surface area is 198 Å². The Morgan fingerprint density at radius 3 is 2.47 bits per heavy atom. The van der Waals surface area contributed by atoms with E-state index in [2.05, 4.69) is 0 Å². The third-order valence-corrected chi connectivity index (χ3v) is 6.15. The first-order valence-corrected chi connectivity index (χ1v) is 11.1. The number of Topliss-reactive ketones (excluding diaryl/α,β-unsaturated/α-hetero) is 1.